The van der Waals surface area contributed by atoms with Crippen molar-refractivity contribution in [2.24, 2.45) is 0 Å². The molecule has 0 aliphatic heterocycles. The first-order valence-electron chi connectivity index (χ1n) is 7.16. The summed E-state index contributed by atoms with van der Waals surface area (Å²) in [7, 11) is 0. The van der Waals surface area contributed by atoms with E-state index in [-0.39, 0.29) is 5.43 Å². The van der Waals surface area contributed by atoms with Crippen LogP contribution in [0.25, 0.3) is 22.3 Å². The molecule has 0 saturated carbocycles. The fourth-order valence-electron chi connectivity index (χ4n) is 2.49. The van der Waals surface area contributed by atoms with Crippen LogP contribution in [0, 0.1) is 0 Å². The molecule has 0 amide bonds. The van der Waals surface area contributed by atoms with Gasteiger partial charge in [-0.1, -0.05) is 60.7 Å². The lowest BCUT2D eigenvalue weighted by Gasteiger charge is -2.13. The van der Waals surface area contributed by atoms with Gasteiger partial charge in [0.2, 0.25) is 0 Å². The predicted octanol–water partition coefficient (Wildman–Crippen LogP) is 5.89. The van der Waals surface area contributed by atoms with Gasteiger partial charge in [0.05, 0.1) is 19.5 Å². The van der Waals surface area contributed by atoms with Gasteiger partial charge in [-0.15, -0.1) is 34.9 Å². The summed E-state index contributed by atoms with van der Waals surface area (Å²) in [5.74, 6) is 0. The summed E-state index contributed by atoms with van der Waals surface area (Å²) in [5, 5.41) is 0. The van der Waals surface area contributed by atoms with E-state index in [0.717, 1.165) is 30.7 Å². The van der Waals surface area contributed by atoms with E-state index >= 15 is 0 Å². The molecular weight excluding hydrogens is 340 g/mol. The van der Waals surface area contributed by atoms with E-state index in [0.29, 0.717) is 0 Å². The van der Waals surface area contributed by atoms with Gasteiger partial charge in [0.1, 0.15) is 0 Å². The van der Waals surface area contributed by atoms with E-state index in [1.54, 1.807) is 34.9 Å². The third-order valence-electron chi connectivity index (χ3n) is 3.54. The highest BCUT2D eigenvalue weighted by atomic mass is 32.2. The Hall–Kier alpha value is -1.49. The molecular formula is C19H16OS3. The quantitative estimate of drug-likeness (QED) is 0.543. The molecule has 3 rings (SSSR count). The van der Waals surface area contributed by atoms with E-state index < -0.39 is 0 Å². The summed E-state index contributed by atoms with van der Waals surface area (Å²) >= 11 is 4.99. The van der Waals surface area contributed by atoms with Crippen molar-refractivity contribution in [2.45, 2.75) is 8.42 Å². The van der Waals surface area contributed by atoms with Crippen molar-refractivity contribution in [3.8, 4) is 22.3 Å². The topological polar surface area (TPSA) is 17.1 Å². The van der Waals surface area contributed by atoms with Crippen molar-refractivity contribution >= 4 is 34.9 Å². The first-order valence-corrected chi connectivity index (χ1v) is 10.4. The number of benzene rings is 2. The van der Waals surface area contributed by atoms with E-state index in [1.807, 2.05) is 73.2 Å². The second-order valence-corrected chi connectivity index (χ2v) is 8.07. The Morgan fingerprint density at radius 3 is 1.43 bits per heavy atom. The van der Waals surface area contributed by atoms with Crippen molar-refractivity contribution in [1.82, 2.24) is 0 Å². The minimum Gasteiger partial charge on any atom is -0.288 e. The first kappa shape index (κ1) is 16.4. The van der Waals surface area contributed by atoms with E-state index in [9.17, 15) is 4.79 Å². The largest absolute Gasteiger partial charge is 0.288 e. The molecule has 23 heavy (non-hydrogen) atoms. The van der Waals surface area contributed by atoms with Crippen molar-refractivity contribution in [3.05, 3.63) is 70.9 Å². The van der Waals surface area contributed by atoms with Gasteiger partial charge in [-0.3, -0.25) is 4.79 Å². The minimum atomic E-state index is 0.120. The van der Waals surface area contributed by atoms with Crippen molar-refractivity contribution in [3.63, 3.8) is 0 Å². The molecule has 0 N–H and O–H groups in total. The monoisotopic (exact) mass is 356 g/mol. The van der Waals surface area contributed by atoms with E-state index in [4.69, 9.17) is 0 Å². The van der Waals surface area contributed by atoms with Crippen LogP contribution < -0.4 is 5.43 Å². The summed E-state index contributed by atoms with van der Waals surface area (Å²) in [4.78, 5) is 13.3. The van der Waals surface area contributed by atoms with Gasteiger partial charge in [-0.05, 0) is 23.6 Å². The van der Waals surface area contributed by atoms with Gasteiger partial charge < -0.3 is 0 Å². The predicted molar refractivity (Wildman–Crippen MR) is 105 cm³/mol. The Morgan fingerprint density at radius 2 is 1.09 bits per heavy atom. The van der Waals surface area contributed by atoms with Crippen molar-refractivity contribution in [1.29, 1.82) is 0 Å². The number of hydrogen-bond donors (Lipinski definition) is 0. The SMILES string of the molecule is CSc1sc(SC)c(-c2ccccc2)c(=O)c1-c1ccccc1. The zero-order valence-electron chi connectivity index (χ0n) is 12.9. The Bertz CT molecular complexity index is 786. The normalized spacial score (nSPS) is 10.7. The molecule has 0 radical (unpaired) electrons. The number of hydrogen-bond acceptors (Lipinski definition) is 4. The second-order valence-electron chi connectivity index (χ2n) is 4.90. The lowest BCUT2D eigenvalue weighted by molar-refractivity contribution is 1.44. The maximum Gasteiger partial charge on any atom is 0.198 e. The third-order valence-corrected chi connectivity index (χ3v) is 6.97. The molecule has 0 aliphatic rings. The van der Waals surface area contributed by atoms with Crippen LogP contribution in [0.2, 0.25) is 0 Å². The van der Waals surface area contributed by atoms with Crippen LogP contribution in [0.3, 0.4) is 0 Å². The molecule has 3 aromatic rings. The molecule has 2 aromatic carbocycles. The molecule has 0 spiro atoms. The molecule has 4 heteroatoms. The Labute approximate surface area is 148 Å². The fourth-order valence-corrected chi connectivity index (χ4v) is 5.44. The Morgan fingerprint density at radius 1 is 0.696 bits per heavy atom. The van der Waals surface area contributed by atoms with Crippen LogP contribution in [0.5, 0.6) is 0 Å². The standard InChI is InChI=1S/C19H16OS3/c1-21-18-15(13-9-5-3-6-10-13)17(20)16(19(22-2)23-18)14-11-7-4-8-12-14/h3-12H,1-2H3. The highest BCUT2D eigenvalue weighted by molar-refractivity contribution is 8.02. The summed E-state index contributed by atoms with van der Waals surface area (Å²) in [5.41, 5.74) is 3.74. The smallest absolute Gasteiger partial charge is 0.198 e. The van der Waals surface area contributed by atoms with Gasteiger partial charge >= 0.3 is 0 Å². The summed E-state index contributed by atoms with van der Waals surface area (Å²) in [6.07, 6.45) is 4.06. The summed E-state index contributed by atoms with van der Waals surface area (Å²) in [6, 6.07) is 19.9. The van der Waals surface area contributed by atoms with Crippen LogP contribution in [0.15, 0.2) is 73.9 Å². The first-order chi connectivity index (χ1) is 11.3. The maximum atomic E-state index is 13.3. The molecule has 1 heterocycles. The molecule has 0 bridgehead atoms. The fraction of sp³-hybridized carbons (Fsp3) is 0.105. The average molecular weight is 357 g/mol. The van der Waals surface area contributed by atoms with Crippen LogP contribution in [-0.2, 0) is 0 Å². The zero-order valence-corrected chi connectivity index (χ0v) is 15.4. The molecule has 1 aromatic heterocycles. The Balaban J connectivity index is 2.35. The highest BCUT2D eigenvalue weighted by Gasteiger charge is 2.19. The lowest BCUT2D eigenvalue weighted by Crippen LogP contribution is -2.09. The molecule has 0 unspecified atom stereocenters. The highest BCUT2D eigenvalue weighted by Crippen LogP contribution is 2.40. The van der Waals surface area contributed by atoms with Crippen molar-refractivity contribution in [2.75, 3.05) is 12.5 Å². The van der Waals surface area contributed by atoms with Gasteiger partial charge in [-0.25, -0.2) is 0 Å². The van der Waals surface area contributed by atoms with Crippen molar-refractivity contribution < 1.29 is 0 Å². The molecule has 0 aliphatic carbocycles. The maximum absolute atomic E-state index is 13.3. The zero-order chi connectivity index (χ0) is 16.2. The molecule has 0 saturated heterocycles. The molecule has 1 nitrogen and oxygen atoms in total. The second kappa shape index (κ2) is 7.39. The van der Waals surface area contributed by atoms with Gasteiger partial charge in [0.15, 0.2) is 5.43 Å². The van der Waals surface area contributed by atoms with E-state index in [2.05, 4.69) is 0 Å². The van der Waals surface area contributed by atoms with Crippen LogP contribution in [-0.4, -0.2) is 12.5 Å². The van der Waals surface area contributed by atoms with Crippen LogP contribution >= 0.6 is 34.9 Å². The van der Waals surface area contributed by atoms with Crippen LogP contribution in [0.1, 0.15) is 0 Å². The number of rotatable bonds is 4. The number of thioether (sulfide) groups is 2. The van der Waals surface area contributed by atoms with Gasteiger partial charge in [-0.2, -0.15) is 0 Å². The molecule has 116 valence electrons. The van der Waals surface area contributed by atoms with Crippen LogP contribution in [0.4, 0.5) is 0 Å². The Kier molecular flexibility index (Phi) is 5.26. The summed E-state index contributed by atoms with van der Waals surface area (Å²) < 4.78 is 2.15. The molecule has 0 atom stereocenters. The van der Waals surface area contributed by atoms with Gasteiger partial charge in [0.25, 0.3) is 0 Å². The van der Waals surface area contributed by atoms with E-state index in [1.165, 1.54) is 0 Å². The lowest BCUT2D eigenvalue weighted by atomic mass is 10.0. The minimum absolute atomic E-state index is 0.120. The summed E-state index contributed by atoms with van der Waals surface area (Å²) in [6.45, 7) is 0. The average Bonchev–Trinajstić information content (AvgIpc) is 2.62. The van der Waals surface area contributed by atoms with Gasteiger partial charge in [0, 0.05) is 0 Å². The third kappa shape index (κ3) is 3.25. The molecule has 0 fully saturated rings.